The predicted molar refractivity (Wildman–Crippen MR) is 71.7 cm³/mol. The maximum absolute atomic E-state index is 8.73. The zero-order valence-electron chi connectivity index (χ0n) is 11.0. The molecule has 1 rings (SSSR count). The molecule has 2 atom stereocenters. The van der Waals surface area contributed by atoms with Crippen LogP contribution < -0.4 is 5.32 Å². The Labute approximate surface area is 105 Å². The normalized spacial score (nSPS) is 14.0. The maximum Gasteiger partial charge on any atom is 0.0638 e. The number of rotatable bonds is 6. The number of nitrogens with one attached hydrogen (secondary N) is 1. The molecule has 1 aromatic carbocycles. The van der Waals surface area contributed by atoms with Gasteiger partial charge in [0.1, 0.15) is 0 Å². The third kappa shape index (κ3) is 4.20. The molecule has 0 heterocycles. The summed E-state index contributed by atoms with van der Waals surface area (Å²) in [6.45, 7) is 6.43. The Morgan fingerprint density at radius 1 is 1.24 bits per heavy atom. The van der Waals surface area contributed by atoms with Gasteiger partial charge in [0.05, 0.1) is 12.5 Å². The number of aryl methyl sites for hydroxylation is 1. The van der Waals surface area contributed by atoms with Crippen molar-refractivity contribution in [2.24, 2.45) is 0 Å². The van der Waals surface area contributed by atoms with Crippen LogP contribution in [0.25, 0.3) is 0 Å². The Balaban J connectivity index is 2.62. The van der Waals surface area contributed by atoms with E-state index in [1.54, 1.807) is 0 Å². The lowest BCUT2D eigenvalue weighted by Gasteiger charge is -2.20. The van der Waals surface area contributed by atoms with Gasteiger partial charge < -0.3 is 5.32 Å². The van der Waals surface area contributed by atoms with Gasteiger partial charge in [-0.25, -0.2) is 0 Å². The highest BCUT2D eigenvalue weighted by atomic mass is 14.9. The fourth-order valence-corrected chi connectivity index (χ4v) is 1.92. The quantitative estimate of drug-likeness (QED) is 0.810. The van der Waals surface area contributed by atoms with Crippen LogP contribution in [0.1, 0.15) is 50.8 Å². The van der Waals surface area contributed by atoms with E-state index in [2.05, 4.69) is 56.4 Å². The summed E-state index contributed by atoms with van der Waals surface area (Å²) in [4.78, 5) is 0. The van der Waals surface area contributed by atoms with Gasteiger partial charge in [0.25, 0.3) is 0 Å². The lowest BCUT2D eigenvalue weighted by Crippen LogP contribution is -2.30. The van der Waals surface area contributed by atoms with E-state index in [9.17, 15) is 0 Å². The standard InChI is InChI=1S/C15H22N2/c1-4-13-6-8-14(9-7-13)12(3)17-15(5-2)10-11-16/h6-9,12,15,17H,4-5,10H2,1-3H3. The Bertz CT molecular complexity index is 362. The number of hydrogen-bond acceptors (Lipinski definition) is 2. The molecule has 0 aliphatic carbocycles. The first kappa shape index (κ1) is 13.7. The lowest BCUT2D eigenvalue weighted by atomic mass is 10.0. The van der Waals surface area contributed by atoms with Crippen LogP contribution in [-0.2, 0) is 6.42 Å². The molecule has 92 valence electrons. The van der Waals surface area contributed by atoms with Crippen molar-refractivity contribution in [3.8, 4) is 6.07 Å². The van der Waals surface area contributed by atoms with E-state index in [0.29, 0.717) is 18.5 Å². The SMILES string of the molecule is CCc1ccc(C(C)NC(CC)CC#N)cc1. The molecule has 0 aromatic heterocycles. The maximum atomic E-state index is 8.73. The van der Waals surface area contributed by atoms with E-state index in [1.807, 2.05) is 0 Å². The van der Waals surface area contributed by atoms with E-state index < -0.39 is 0 Å². The summed E-state index contributed by atoms with van der Waals surface area (Å²) in [6.07, 6.45) is 2.65. The van der Waals surface area contributed by atoms with Gasteiger partial charge in [0.2, 0.25) is 0 Å². The van der Waals surface area contributed by atoms with Crippen LogP contribution in [0.15, 0.2) is 24.3 Å². The van der Waals surface area contributed by atoms with Crippen LogP contribution in [0.4, 0.5) is 0 Å². The largest absolute Gasteiger partial charge is 0.306 e. The first-order valence-electron chi connectivity index (χ1n) is 6.43. The monoisotopic (exact) mass is 230 g/mol. The van der Waals surface area contributed by atoms with E-state index in [-0.39, 0.29) is 0 Å². The molecule has 1 aromatic rings. The van der Waals surface area contributed by atoms with Crippen molar-refractivity contribution in [2.75, 3.05) is 0 Å². The molecule has 0 saturated carbocycles. The summed E-state index contributed by atoms with van der Waals surface area (Å²) in [5, 5.41) is 12.2. The summed E-state index contributed by atoms with van der Waals surface area (Å²) >= 11 is 0. The molecule has 0 fully saturated rings. The van der Waals surface area contributed by atoms with Gasteiger partial charge in [0, 0.05) is 12.1 Å². The highest BCUT2D eigenvalue weighted by molar-refractivity contribution is 5.24. The molecule has 0 bridgehead atoms. The van der Waals surface area contributed by atoms with Crippen molar-refractivity contribution >= 4 is 0 Å². The van der Waals surface area contributed by atoms with E-state index >= 15 is 0 Å². The molecular formula is C15H22N2. The van der Waals surface area contributed by atoms with Gasteiger partial charge in [-0.15, -0.1) is 0 Å². The fraction of sp³-hybridized carbons (Fsp3) is 0.533. The molecule has 2 nitrogen and oxygen atoms in total. The first-order valence-corrected chi connectivity index (χ1v) is 6.43. The lowest BCUT2D eigenvalue weighted by molar-refractivity contribution is 0.448. The number of hydrogen-bond donors (Lipinski definition) is 1. The second kappa shape index (κ2) is 7.09. The summed E-state index contributed by atoms with van der Waals surface area (Å²) in [6, 6.07) is 11.5. The van der Waals surface area contributed by atoms with Crippen LogP contribution in [-0.4, -0.2) is 6.04 Å². The second-order valence-corrected chi connectivity index (χ2v) is 4.45. The van der Waals surface area contributed by atoms with Crippen molar-refractivity contribution in [1.29, 1.82) is 5.26 Å². The Morgan fingerprint density at radius 3 is 2.35 bits per heavy atom. The van der Waals surface area contributed by atoms with Gasteiger partial charge in [-0.1, -0.05) is 38.1 Å². The van der Waals surface area contributed by atoms with E-state index in [0.717, 1.165) is 12.8 Å². The van der Waals surface area contributed by atoms with Crippen LogP contribution >= 0.6 is 0 Å². The van der Waals surface area contributed by atoms with Crippen LogP contribution in [0.5, 0.6) is 0 Å². The van der Waals surface area contributed by atoms with E-state index in [4.69, 9.17) is 5.26 Å². The fourth-order valence-electron chi connectivity index (χ4n) is 1.92. The average molecular weight is 230 g/mol. The average Bonchev–Trinajstić information content (AvgIpc) is 2.38. The minimum absolute atomic E-state index is 0.292. The first-order chi connectivity index (χ1) is 8.21. The van der Waals surface area contributed by atoms with Gasteiger partial charge in [0.15, 0.2) is 0 Å². The molecule has 0 spiro atoms. The summed E-state index contributed by atoms with van der Waals surface area (Å²) in [5.41, 5.74) is 2.66. The zero-order valence-corrected chi connectivity index (χ0v) is 11.0. The van der Waals surface area contributed by atoms with Gasteiger partial charge in [-0.2, -0.15) is 5.26 Å². The zero-order chi connectivity index (χ0) is 12.7. The van der Waals surface area contributed by atoms with Crippen molar-refractivity contribution in [3.63, 3.8) is 0 Å². The Hall–Kier alpha value is -1.33. The van der Waals surface area contributed by atoms with Crippen molar-refractivity contribution < 1.29 is 0 Å². The minimum Gasteiger partial charge on any atom is -0.306 e. The molecule has 2 unspecified atom stereocenters. The predicted octanol–water partition coefficient (Wildman–Crippen LogP) is 3.59. The molecule has 0 radical (unpaired) electrons. The van der Waals surface area contributed by atoms with Gasteiger partial charge in [-0.05, 0) is 30.9 Å². The molecule has 2 heteroatoms. The van der Waals surface area contributed by atoms with Gasteiger partial charge in [-0.3, -0.25) is 0 Å². The van der Waals surface area contributed by atoms with Gasteiger partial charge >= 0.3 is 0 Å². The highest BCUT2D eigenvalue weighted by Gasteiger charge is 2.11. The minimum atomic E-state index is 0.292. The molecule has 0 aliphatic heterocycles. The second-order valence-electron chi connectivity index (χ2n) is 4.45. The Kier molecular flexibility index (Phi) is 5.72. The molecule has 0 aliphatic rings. The number of nitriles is 1. The molecule has 17 heavy (non-hydrogen) atoms. The highest BCUT2D eigenvalue weighted by Crippen LogP contribution is 2.15. The third-order valence-electron chi connectivity index (χ3n) is 3.20. The molecular weight excluding hydrogens is 208 g/mol. The summed E-state index contributed by atoms with van der Waals surface area (Å²) in [7, 11) is 0. The van der Waals surface area contributed by atoms with Crippen LogP contribution in [0, 0.1) is 11.3 Å². The third-order valence-corrected chi connectivity index (χ3v) is 3.20. The Morgan fingerprint density at radius 2 is 1.88 bits per heavy atom. The topological polar surface area (TPSA) is 35.8 Å². The van der Waals surface area contributed by atoms with Crippen molar-refractivity contribution in [1.82, 2.24) is 5.32 Å². The van der Waals surface area contributed by atoms with Crippen LogP contribution in [0.2, 0.25) is 0 Å². The van der Waals surface area contributed by atoms with Crippen molar-refractivity contribution in [3.05, 3.63) is 35.4 Å². The number of benzene rings is 1. The van der Waals surface area contributed by atoms with Crippen molar-refractivity contribution in [2.45, 2.75) is 52.1 Å². The molecule has 1 N–H and O–H groups in total. The number of nitrogens with zero attached hydrogens (tertiary/aromatic N) is 1. The van der Waals surface area contributed by atoms with E-state index in [1.165, 1.54) is 11.1 Å². The molecule has 0 amide bonds. The van der Waals surface area contributed by atoms with Crippen LogP contribution in [0.3, 0.4) is 0 Å². The summed E-state index contributed by atoms with van der Waals surface area (Å²) in [5.74, 6) is 0. The smallest absolute Gasteiger partial charge is 0.0638 e. The molecule has 0 saturated heterocycles. The summed E-state index contributed by atoms with van der Waals surface area (Å²) < 4.78 is 0.